The molecular formula is C7H5NO3. The van der Waals surface area contributed by atoms with Crippen LogP contribution in [0.5, 0.6) is 0 Å². The molecule has 0 fully saturated rings. The summed E-state index contributed by atoms with van der Waals surface area (Å²) in [5.41, 5.74) is -0.567. The van der Waals surface area contributed by atoms with Crippen LogP contribution in [0.15, 0.2) is 24.3 Å². The number of nitrogens with zero attached hydrogens (tertiary/aromatic N) is 1. The first kappa shape index (κ1) is 9.11. The molecule has 0 atom stereocenters. The maximum absolute atomic E-state index is 10.6. The van der Waals surface area contributed by atoms with E-state index in [1.54, 1.807) is 0 Å². The van der Waals surface area contributed by atoms with Crippen molar-refractivity contribution in [1.82, 2.24) is 0 Å². The van der Waals surface area contributed by atoms with Crippen LogP contribution in [0, 0.1) is 11.3 Å². The second-order valence-electron chi connectivity index (χ2n) is 1.56. The van der Waals surface area contributed by atoms with E-state index in [-0.39, 0.29) is 0 Å². The molecule has 1 N–H and O–H groups in total. The normalized spacial score (nSPS) is 9.91. The zero-order valence-corrected chi connectivity index (χ0v) is 5.57. The van der Waals surface area contributed by atoms with Crippen LogP contribution in [-0.4, -0.2) is 16.9 Å². The maximum atomic E-state index is 10.6. The second kappa shape index (κ2) is 4.01. The molecule has 0 aromatic rings. The molecule has 0 saturated carbocycles. The summed E-state index contributed by atoms with van der Waals surface area (Å²) in [4.78, 5) is 20.8. The van der Waals surface area contributed by atoms with Gasteiger partial charge in [0.1, 0.15) is 5.57 Å². The number of rotatable bonds is 3. The molecule has 11 heavy (non-hydrogen) atoms. The van der Waals surface area contributed by atoms with Gasteiger partial charge < -0.3 is 5.11 Å². The van der Waals surface area contributed by atoms with Gasteiger partial charge in [0.05, 0.1) is 6.07 Å². The Morgan fingerprint density at radius 1 is 1.55 bits per heavy atom. The summed E-state index contributed by atoms with van der Waals surface area (Å²) in [7, 11) is 0. The molecule has 0 spiro atoms. The number of carboxylic acid groups (broad SMARTS) is 1. The van der Waals surface area contributed by atoms with Crippen LogP contribution in [0.25, 0.3) is 0 Å². The van der Waals surface area contributed by atoms with Gasteiger partial charge in [0, 0.05) is 6.08 Å². The zero-order valence-electron chi connectivity index (χ0n) is 5.57. The van der Waals surface area contributed by atoms with Crippen LogP contribution in [0.2, 0.25) is 0 Å². The third-order valence-electron chi connectivity index (χ3n) is 0.890. The lowest BCUT2D eigenvalue weighted by Crippen LogP contribution is -2.09. The molecule has 0 aromatic carbocycles. The molecule has 0 radical (unpaired) electrons. The molecule has 0 aliphatic heterocycles. The lowest BCUT2D eigenvalue weighted by molar-refractivity contribution is -0.134. The fourth-order valence-corrected chi connectivity index (χ4v) is 0.413. The van der Waals surface area contributed by atoms with Gasteiger partial charge in [-0.25, -0.2) is 4.79 Å². The van der Waals surface area contributed by atoms with E-state index in [0.29, 0.717) is 6.08 Å². The van der Waals surface area contributed by atoms with Gasteiger partial charge in [0.2, 0.25) is 0 Å². The van der Waals surface area contributed by atoms with Gasteiger partial charge >= 0.3 is 5.97 Å². The van der Waals surface area contributed by atoms with Gasteiger partial charge in [0.15, 0.2) is 5.78 Å². The maximum Gasteiger partial charge on any atom is 0.340 e. The standard InChI is InChI=1S/C7H5NO3/c1-2-6(9)5(3-4-8)7(10)11/h2-3H,1H2,(H,10,11). The largest absolute Gasteiger partial charge is 0.478 e. The summed E-state index contributed by atoms with van der Waals surface area (Å²) in [6.07, 6.45) is 1.52. The number of carbonyl (C=O) groups is 2. The van der Waals surface area contributed by atoms with Crippen molar-refractivity contribution in [3.05, 3.63) is 24.3 Å². The van der Waals surface area contributed by atoms with Gasteiger partial charge in [-0.05, 0) is 6.08 Å². The summed E-state index contributed by atoms with van der Waals surface area (Å²) in [5, 5.41) is 16.4. The molecule has 0 saturated heterocycles. The van der Waals surface area contributed by atoms with E-state index < -0.39 is 17.3 Å². The third kappa shape index (κ3) is 2.45. The first-order valence-corrected chi connectivity index (χ1v) is 2.63. The van der Waals surface area contributed by atoms with Crippen LogP contribution in [0.4, 0.5) is 0 Å². The molecule has 0 bridgehead atoms. The molecular weight excluding hydrogens is 146 g/mol. The fraction of sp³-hybridized carbons (Fsp3) is 0. The average Bonchev–Trinajstić information content (AvgIpc) is 1.98. The Kier molecular flexibility index (Phi) is 3.32. The molecule has 0 amide bonds. The van der Waals surface area contributed by atoms with Crippen LogP contribution in [-0.2, 0) is 9.59 Å². The summed E-state index contributed by atoms with van der Waals surface area (Å²) >= 11 is 0. The van der Waals surface area contributed by atoms with Crippen LogP contribution in [0.3, 0.4) is 0 Å². The molecule has 0 aromatic heterocycles. The number of carbonyl (C=O) groups excluding carboxylic acids is 1. The van der Waals surface area contributed by atoms with Gasteiger partial charge in [0.25, 0.3) is 0 Å². The first-order chi connectivity index (χ1) is 5.13. The number of nitriles is 1. The Hall–Kier alpha value is -1.89. The van der Waals surface area contributed by atoms with Crippen molar-refractivity contribution < 1.29 is 14.7 Å². The van der Waals surface area contributed by atoms with Crippen LogP contribution < -0.4 is 0 Å². The number of carboxylic acids is 1. The van der Waals surface area contributed by atoms with Crippen molar-refractivity contribution in [3.63, 3.8) is 0 Å². The topological polar surface area (TPSA) is 78.2 Å². The van der Waals surface area contributed by atoms with Crippen LogP contribution >= 0.6 is 0 Å². The number of ketones is 1. The van der Waals surface area contributed by atoms with E-state index in [2.05, 4.69) is 6.58 Å². The third-order valence-corrected chi connectivity index (χ3v) is 0.890. The van der Waals surface area contributed by atoms with Gasteiger partial charge in [-0.2, -0.15) is 5.26 Å². The van der Waals surface area contributed by atoms with Crippen molar-refractivity contribution in [2.75, 3.05) is 0 Å². The van der Waals surface area contributed by atoms with Crippen molar-refractivity contribution >= 4 is 11.8 Å². The first-order valence-electron chi connectivity index (χ1n) is 2.63. The Bertz CT molecular complexity index is 270. The van der Waals surface area contributed by atoms with Gasteiger partial charge in [-0.15, -0.1) is 0 Å². The number of allylic oxidation sites excluding steroid dienone is 2. The zero-order chi connectivity index (χ0) is 8.85. The minimum atomic E-state index is -1.42. The van der Waals surface area contributed by atoms with Crippen molar-refractivity contribution in [1.29, 1.82) is 5.26 Å². The minimum Gasteiger partial charge on any atom is -0.478 e. The molecule has 4 heteroatoms. The van der Waals surface area contributed by atoms with Crippen LogP contribution in [0.1, 0.15) is 0 Å². The summed E-state index contributed by atoms with van der Waals surface area (Å²) < 4.78 is 0. The Labute approximate surface area is 63.1 Å². The number of aliphatic carboxylic acids is 1. The number of hydrogen-bond donors (Lipinski definition) is 1. The highest BCUT2D eigenvalue weighted by atomic mass is 16.4. The average molecular weight is 151 g/mol. The Morgan fingerprint density at radius 3 is 2.36 bits per heavy atom. The van der Waals surface area contributed by atoms with E-state index in [4.69, 9.17) is 10.4 Å². The molecule has 0 aliphatic carbocycles. The molecule has 56 valence electrons. The number of hydrogen-bond acceptors (Lipinski definition) is 3. The summed E-state index contributed by atoms with van der Waals surface area (Å²) in [5.74, 6) is -2.18. The molecule has 0 aliphatic rings. The van der Waals surface area contributed by atoms with E-state index in [1.807, 2.05) is 0 Å². The smallest absolute Gasteiger partial charge is 0.340 e. The van der Waals surface area contributed by atoms with Crippen molar-refractivity contribution in [2.45, 2.75) is 0 Å². The highest BCUT2D eigenvalue weighted by Crippen LogP contribution is 1.96. The lowest BCUT2D eigenvalue weighted by Gasteiger charge is -1.90. The molecule has 4 nitrogen and oxygen atoms in total. The van der Waals surface area contributed by atoms with E-state index in [9.17, 15) is 9.59 Å². The Balaban J connectivity index is 4.79. The molecule has 0 heterocycles. The van der Waals surface area contributed by atoms with Crippen molar-refractivity contribution in [3.8, 4) is 6.07 Å². The van der Waals surface area contributed by atoms with E-state index >= 15 is 0 Å². The predicted molar refractivity (Wildman–Crippen MR) is 36.5 cm³/mol. The van der Waals surface area contributed by atoms with E-state index in [1.165, 1.54) is 6.07 Å². The lowest BCUT2D eigenvalue weighted by atomic mass is 10.1. The van der Waals surface area contributed by atoms with Gasteiger partial charge in [-0.1, -0.05) is 6.58 Å². The molecule has 0 unspecified atom stereocenters. The minimum absolute atomic E-state index is 0.567. The van der Waals surface area contributed by atoms with E-state index in [0.717, 1.165) is 6.08 Å². The SMILES string of the molecule is C=CC(=O)C(=CC#N)C(=O)O. The monoisotopic (exact) mass is 151 g/mol. The summed E-state index contributed by atoms with van der Waals surface area (Å²) in [6.45, 7) is 3.08. The quantitative estimate of drug-likeness (QED) is 0.272. The van der Waals surface area contributed by atoms with Gasteiger partial charge in [-0.3, -0.25) is 4.79 Å². The Morgan fingerprint density at radius 2 is 2.09 bits per heavy atom. The highest BCUT2D eigenvalue weighted by molar-refractivity contribution is 6.21. The van der Waals surface area contributed by atoms with Crippen molar-refractivity contribution in [2.24, 2.45) is 0 Å². The fourth-order valence-electron chi connectivity index (χ4n) is 0.413. The predicted octanol–water partition coefficient (Wildman–Crippen LogP) is 0.276. The highest BCUT2D eigenvalue weighted by Gasteiger charge is 2.12. The molecule has 0 rings (SSSR count). The summed E-state index contributed by atoms with van der Waals surface area (Å²) in [6, 6.07) is 1.45. The second-order valence-corrected chi connectivity index (χ2v) is 1.56.